The summed E-state index contributed by atoms with van der Waals surface area (Å²) in [5.41, 5.74) is 0.0743. The van der Waals surface area contributed by atoms with Crippen molar-refractivity contribution in [3.05, 3.63) is 30.1 Å². The van der Waals surface area contributed by atoms with Crippen LogP contribution in [-0.4, -0.2) is 22.5 Å². The fourth-order valence-electron chi connectivity index (χ4n) is 1.39. The lowest BCUT2D eigenvalue weighted by Gasteiger charge is -2.15. The molecule has 0 amide bonds. The van der Waals surface area contributed by atoms with Gasteiger partial charge in [0.1, 0.15) is 11.5 Å². The highest BCUT2D eigenvalue weighted by Crippen LogP contribution is 2.12. The molecule has 1 atom stereocenters. The molecule has 1 rings (SSSR count). The van der Waals surface area contributed by atoms with Crippen molar-refractivity contribution >= 4 is 17.5 Å². The summed E-state index contributed by atoms with van der Waals surface area (Å²) in [6.07, 6.45) is 1.40. The first-order valence-electron chi connectivity index (χ1n) is 5.18. The number of hydrogen-bond acceptors (Lipinski definition) is 5. The van der Waals surface area contributed by atoms with Crippen molar-refractivity contribution in [2.75, 3.05) is 0 Å². The number of carboxylic acids is 1. The second-order valence-electron chi connectivity index (χ2n) is 3.69. The van der Waals surface area contributed by atoms with Crippen LogP contribution in [0.2, 0.25) is 0 Å². The Morgan fingerprint density at radius 2 is 2.06 bits per heavy atom. The van der Waals surface area contributed by atoms with E-state index in [2.05, 4.69) is 4.98 Å². The molecule has 0 bridgehead atoms. The van der Waals surface area contributed by atoms with E-state index in [1.807, 2.05) is 0 Å². The summed E-state index contributed by atoms with van der Waals surface area (Å²) in [6, 6.07) is 4.66. The Labute approximate surface area is 98.5 Å². The van der Waals surface area contributed by atoms with Crippen LogP contribution in [0.5, 0.6) is 0 Å². The monoisotopic (exact) mass is 234 g/mol. The van der Waals surface area contributed by atoms with Gasteiger partial charge in [-0.3, -0.25) is 9.78 Å². The summed E-state index contributed by atoms with van der Waals surface area (Å²) < 4.78 is 0. The Hall–Kier alpha value is -2.04. The van der Waals surface area contributed by atoms with E-state index >= 15 is 0 Å². The molecule has 0 fully saturated rings. The predicted octanol–water partition coefficient (Wildman–Crippen LogP) is -0.000400. The predicted molar refractivity (Wildman–Crippen MR) is 57.0 cm³/mol. The SMILES string of the molecule is CC(=O)CCC(C(=O)[O-])C(=O)c1ccccn1. The molecule has 1 aromatic heterocycles. The van der Waals surface area contributed by atoms with Gasteiger partial charge >= 0.3 is 0 Å². The summed E-state index contributed by atoms with van der Waals surface area (Å²) in [4.78, 5) is 37.2. The molecule has 0 aliphatic rings. The lowest BCUT2D eigenvalue weighted by atomic mass is 9.95. The van der Waals surface area contributed by atoms with Crippen LogP contribution in [0.1, 0.15) is 30.3 Å². The number of pyridine rings is 1. The molecule has 0 radical (unpaired) electrons. The molecule has 0 spiro atoms. The minimum Gasteiger partial charge on any atom is -0.549 e. The highest BCUT2D eigenvalue weighted by Gasteiger charge is 2.22. The Bertz CT molecular complexity index is 427. The quantitative estimate of drug-likeness (QED) is 0.510. The number of hydrogen-bond donors (Lipinski definition) is 0. The first-order valence-corrected chi connectivity index (χ1v) is 5.18. The topological polar surface area (TPSA) is 87.2 Å². The van der Waals surface area contributed by atoms with Crippen LogP contribution in [0.25, 0.3) is 0 Å². The normalized spacial score (nSPS) is 11.8. The fraction of sp³-hybridized carbons (Fsp3) is 0.333. The number of aliphatic carboxylic acids is 1. The standard InChI is InChI=1S/C12H13NO4/c1-8(14)5-6-9(12(16)17)11(15)10-4-2-3-7-13-10/h2-4,7,9H,5-6H2,1H3,(H,16,17)/p-1. The van der Waals surface area contributed by atoms with Crippen LogP contribution in [0.4, 0.5) is 0 Å². The van der Waals surface area contributed by atoms with Crippen LogP contribution in [-0.2, 0) is 9.59 Å². The summed E-state index contributed by atoms with van der Waals surface area (Å²) >= 11 is 0. The van der Waals surface area contributed by atoms with Crippen LogP contribution in [0.3, 0.4) is 0 Å². The minimum absolute atomic E-state index is 0.0389. The minimum atomic E-state index is -1.47. The van der Waals surface area contributed by atoms with E-state index < -0.39 is 17.7 Å². The van der Waals surface area contributed by atoms with E-state index in [0.717, 1.165) is 0 Å². The molecule has 0 saturated carbocycles. The molecule has 0 N–H and O–H groups in total. The van der Waals surface area contributed by atoms with Crippen molar-refractivity contribution in [3.63, 3.8) is 0 Å². The van der Waals surface area contributed by atoms with Gasteiger partial charge < -0.3 is 14.7 Å². The van der Waals surface area contributed by atoms with Crippen LogP contribution < -0.4 is 5.11 Å². The third kappa shape index (κ3) is 3.79. The zero-order valence-corrected chi connectivity index (χ0v) is 9.38. The van der Waals surface area contributed by atoms with Gasteiger partial charge in [-0.1, -0.05) is 6.07 Å². The van der Waals surface area contributed by atoms with Crippen LogP contribution >= 0.6 is 0 Å². The van der Waals surface area contributed by atoms with E-state index in [1.165, 1.54) is 19.2 Å². The number of Topliss-reactive ketones (excluding diaryl/α,β-unsaturated/α-hetero) is 2. The van der Waals surface area contributed by atoms with Crippen molar-refractivity contribution < 1.29 is 19.5 Å². The molecule has 1 aromatic rings. The maximum Gasteiger partial charge on any atom is 0.189 e. The first-order chi connectivity index (χ1) is 8.02. The summed E-state index contributed by atoms with van der Waals surface area (Å²) in [7, 11) is 0. The number of aromatic nitrogens is 1. The highest BCUT2D eigenvalue weighted by atomic mass is 16.4. The zero-order chi connectivity index (χ0) is 12.8. The number of nitrogens with zero attached hydrogens (tertiary/aromatic N) is 1. The number of rotatable bonds is 6. The van der Waals surface area contributed by atoms with E-state index in [4.69, 9.17) is 0 Å². The maximum absolute atomic E-state index is 11.8. The molecular formula is C12H12NO4-. The molecule has 90 valence electrons. The lowest BCUT2D eigenvalue weighted by molar-refractivity contribution is -0.309. The van der Waals surface area contributed by atoms with Crippen LogP contribution in [0, 0.1) is 5.92 Å². The third-order valence-corrected chi connectivity index (χ3v) is 2.30. The average Bonchev–Trinajstić information content (AvgIpc) is 2.29. The Morgan fingerprint density at radius 3 is 2.53 bits per heavy atom. The van der Waals surface area contributed by atoms with Gasteiger partial charge in [0.05, 0.1) is 11.9 Å². The average molecular weight is 234 g/mol. The lowest BCUT2D eigenvalue weighted by Crippen LogP contribution is -2.37. The van der Waals surface area contributed by atoms with Gasteiger partial charge in [-0.2, -0.15) is 0 Å². The van der Waals surface area contributed by atoms with Gasteiger partial charge in [0, 0.05) is 12.6 Å². The van der Waals surface area contributed by atoms with Gasteiger partial charge in [0.15, 0.2) is 5.78 Å². The molecule has 5 heteroatoms. The summed E-state index contributed by atoms with van der Waals surface area (Å²) in [6.45, 7) is 1.34. The van der Waals surface area contributed by atoms with E-state index in [1.54, 1.807) is 12.1 Å². The molecule has 1 heterocycles. The molecule has 0 aliphatic carbocycles. The van der Waals surface area contributed by atoms with Gasteiger partial charge in [-0.05, 0) is 25.5 Å². The maximum atomic E-state index is 11.8. The smallest absolute Gasteiger partial charge is 0.189 e. The summed E-state index contributed by atoms with van der Waals surface area (Å²) in [5, 5.41) is 10.9. The molecular weight excluding hydrogens is 222 g/mol. The molecule has 0 aromatic carbocycles. The second kappa shape index (κ2) is 5.89. The van der Waals surface area contributed by atoms with Gasteiger partial charge in [-0.15, -0.1) is 0 Å². The number of ketones is 2. The molecule has 0 saturated heterocycles. The van der Waals surface area contributed by atoms with Crippen molar-refractivity contribution in [1.29, 1.82) is 0 Å². The van der Waals surface area contributed by atoms with E-state index in [-0.39, 0.29) is 24.3 Å². The van der Waals surface area contributed by atoms with Crippen molar-refractivity contribution in [3.8, 4) is 0 Å². The number of carboxylic acid groups (broad SMARTS) is 1. The number of carbonyl (C=O) groups excluding carboxylic acids is 3. The van der Waals surface area contributed by atoms with Crippen molar-refractivity contribution in [1.82, 2.24) is 4.98 Å². The second-order valence-corrected chi connectivity index (χ2v) is 3.69. The molecule has 0 aliphatic heterocycles. The third-order valence-electron chi connectivity index (χ3n) is 2.30. The van der Waals surface area contributed by atoms with Gasteiger partial charge in [-0.25, -0.2) is 0 Å². The number of carbonyl (C=O) groups is 3. The van der Waals surface area contributed by atoms with Crippen molar-refractivity contribution in [2.45, 2.75) is 19.8 Å². The van der Waals surface area contributed by atoms with Gasteiger partial charge in [0.2, 0.25) is 0 Å². The van der Waals surface area contributed by atoms with Gasteiger partial charge in [0.25, 0.3) is 0 Å². The molecule has 1 unspecified atom stereocenters. The fourth-order valence-corrected chi connectivity index (χ4v) is 1.39. The van der Waals surface area contributed by atoms with Crippen LogP contribution in [0.15, 0.2) is 24.4 Å². The van der Waals surface area contributed by atoms with E-state index in [0.29, 0.717) is 0 Å². The van der Waals surface area contributed by atoms with E-state index in [9.17, 15) is 19.5 Å². The Morgan fingerprint density at radius 1 is 1.35 bits per heavy atom. The zero-order valence-electron chi connectivity index (χ0n) is 9.38. The Balaban J connectivity index is 2.81. The largest absolute Gasteiger partial charge is 0.549 e. The molecule has 17 heavy (non-hydrogen) atoms. The Kier molecular flexibility index (Phi) is 4.51. The first kappa shape index (κ1) is 13.0. The highest BCUT2D eigenvalue weighted by molar-refractivity contribution is 6.06. The summed E-state index contributed by atoms with van der Waals surface area (Å²) in [5.74, 6) is -3.56. The van der Waals surface area contributed by atoms with Crippen molar-refractivity contribution in [2.24, 2.45) is 5.92 Å². The molecule has 5 nitrogen and oxygen atoms in total.